The first kappa shape index (κ1) is 16.3. The maximum absolute atomic E-state index is 13.2. The van der Waals surface area contributed by atoms with Gasteiger partial charge in [-0.05, 0) is 13.0 Å². The van der Waals surface area contributed by atoms with Crippen LogP contribution in [0.4, 0.5) is 20.6 Å². The van der Waals surface area contributed by atoms with E-state index in [1.165, 1.54) is 4.90 Å². The maximum atomic E-state index is 13.2. The molecule has 0 fully saturated rings. The first-order valence-corrected chi connectivity index (χ1v) is 6.06. The fourth-order valence-corrected chi connectivity index (χ4v) is 1.59. The highest BCUT2D eigenvalue weighted by Crippen LogP contribution is 2.20. The van der Waals surface area contributed by atoms with Crippen molar-refractivity contribution in [2.45, 2.75) is 13.3 Å². The van der Waals surface area contributed by atoms with E-state index in [1.54, 1.807) is 6.92 Å². The third-order valence-electron chi connectivity index (χ3n) is 2.61. The standard InChI is InChI=1S/C12H14FN3O5/c1-2-15(4-3-11(17)18)12(19)14-9-5-8(13)6-10(7-9)16(20)21/h5-7H,2-4H2,1H3,(H,14,19)(H,17,18). The first-order chi connectivity index (χ1) is 9.83. The van der Waals surface area contributed by atoms with E-state index in [4.69, 9.17) is 5.11 Å². The predicted octanol–water partition coefficient (Wildman–Crippen LogP) is 2.06. The number of nitro groups is 1. The van der Waals surface area contributed by atoms with Crippen molar-refractivity contribution in [3.8, 4) is 0 Å². The predicted molar refractivity (Wildman–Crippen MR) is 71.6 cm³/mol. The number of nitro benzene ring substituents is 1. The fourth-order valence-electron chi connectivity index (χ4n) is 1.59. The summed E-state index contributed by atoms with van der Waals surface area (Å²) >= 11 is 0. The summed E-state index contributed by atoms with van der Waals surface area (Å²) in [5.74, 6) is -1.91. The van der Waals surface area contributed by atoms with Crippen molar-refractivity contribution in [3.05, 3.63) is 34.1 Å². The van der Waals surface area contributed by atoms with E-state index in [0.29, 0.717) is 0 Å². The second kappa shape index (κ2) is 7.17. The lowest BCUT2D eigenvalue weighted by Crippen LogP contribution is -2.36. The summed E-state index contributed by atoms with van der Waals surface area (Å²) in [5, 5.41) is 21.5. The van der Waals surface area contributed by atoms with Gasteiger partial charge in [-0.25, -0.2) is 9.18 Å². The molecule has 0 aromatic heterocycles. The largest absolute Gasteiger partial charge is 0.481 e. The van der Waals surface area contributed by atoms with Gasteiger partial charge in [0.05, 0.1) is 23.1 Å². The number of rotatable bonds is 6. The van der Waals surface area contributed by atoms with Crippen molar-refractivity contribution in [3.63, 3.8) is 0 Å². The van der Waals surface area contributed by atoms with Crippen LogP contribution in [0.15, 0.2) is 18.2 Å². The van der Waals surface area contributed by atoms with Crippen LogP contribution < -0.4 is 5.32 Å². The molecule has 0 heterocycles. The molecule has 0 radical (unpaired) electrons. The number of urea groups is 1. The average Bonchev–Trinajstić information content (AvgIpc) is 2.38. The molecule has 0 saturated carbocycles. The third-order valence-corrected chi connectivity index (χ3v) is 2.61. The molecule has 1 rings (SSSR count). The number of carboxylic acids is 1. The minimum Gasteiger partial charge on any atom is -0.481 e. The van der Waals surface area contributed by atoms with Gasteiger partial charge in [0.15, 0.2) is 0 Å². The molecule has 1 aromatic carbocycles. The van der Waals surface area contributed by atoms with Crippen LogP contribution in [0.5, 0.6) is 0 Å². The smallest absolute Gasteiger partial charge is 0.321 e. The van der Waals surface area contributed by atoms with Crippen molar-refractivity contribution in [1.82, 2.24) is 4.90 Å². The van der Waals surface area contributed by atoms with Crippen LogP contribution in [-0.4, -0.2) is 40.0 Å². The van der Waals surface area contributed by atoms with Gasteiger partial charge in [-0.1, -0.05) is 0 Å². The van der Waals surface area contributed by atoms with Gasteiger partial charge in [0.1, 0.15) is 5.82 Å². The molecule has 0 aliphatic rings. The van der Waals surface area contributed by atoms with E-state index in [2.05, 4.69) is 5.32 Å². The van der Waals surface area contributed by atoms with Gasteiger partial charge in [-0.3, -0.25) is 14.9 Å². The number of benzene rings is 1. The molecular weight excluding hydrogens is 285 g/mol. The first-order valence-electron chi connectivity index (χ1n) is 6.06. The number of nitrogens with zero attached hydrogens (tertiary/aromatic N) is 2. The molecule has 0 unspecified atom stereocenters. The van der Waals surface area contributed by atoms with E-state index in [9.17, 15) is 24.1 Å². The van der Waals surface area contributed by atoms with E-state index >= 15 is 0 Å². The van der Waals surface area contributed by atoms with Gasteiger partial charge in [0.2, 0.25) is 0 Å². The maximum Gasteiger partial charge on any atom is 0.321 e. The summed E-state index contributed by atoms with van der Waals surface area (Å²) in [4.78, 5) is 33.4. The van der Waals surface area contributed by atoms with Crippen molar-refractivity contribution in [1.29, 1.82) is 0 Å². The molecule has 0 bridgehead atoms. The van der Waals surface area contributed by atoms with Crippen molar-refractivity contribution in [2.75, 3.05) is 18.4 Å². The van der Waals surface area contributed by atoms with Gasteiger partial charge in [-0.15, -0.1) is 0 Å². The zero-order chi connectivity index (χ0) is 16.0. The van der Waals surface area contributed by atoms with Crippen LogP contribution >= 0.6 is 0 Å². The number of hydrogen-bond acceptors (Lipinski definition) is 4. The van der Waals surface area contributed by atoms with Crippen LogP contribution in [0.2, 0.25) is 0 Å². The van der Waals surface area contributed by atoms with E-state index in [1.807, 2.05) is 0 Å². The highest BCUT2D eigenvalue weighted by Gasteiger charge is 2.16. The Morgan fingerprint density at radius 3 is 2.62 bits per heavy atom. The van der Waals surface area contributed by atoms with Gasteiger partial charge < -0.3 is 15.3 Å². The quantitative estimate of drug-likeness (QED) is 0.616. The van der Waals surface area contributed by atoms with Gasteiger partial charge >= 0.3 is 12.0 Å². The van der Waals surface area contributed by atoms with Crippen LogP contribution in [0.3, 0.4) is 0 Å². The van der Waals surface area contributed by atoms with Crippen LogP contribution in [0.25, 0.3) is 0 Å². The molecule has 0 saturated heterocycles. The summed E-state index contributed by atoms with van der Waals surface area (Å²) in [5.41, 5.74) is -0.556. The Kier molecular flexibility index (Phi) is 5.58. The number of anilines is 1. The second-order valence-corrected chi connectivity index (χ2v) is 4.11. The number of nitrogens with one attached hydrogen (secondary N) is 1. The van der Waals surface area contributed by atoms with Crippen molar-refractivity contribution in [2.24, 2.45) is 0 Å². The molecule has 1 aromatic rings. The lowest BCUT2D eigenvalue weighted by molar-refractivity contribution is -0.385. The number of amides is 2. The molecule has 0 aliphatic heterocycles. The number of carbonyl (C=O) groups is 2. The van der Waals surface area contributed by atoms with Crippen molar-refractivity contribution >= 4 is 23.4 Å². The highest BCUT2D eigenvalue weighted by atomic mass is 19.1. The lowest BCUT2D eigenvalue weighted by atomic mass is 10.2. The Morgan fingerprint density at radius 2 is 2.10 bits per heavy atom. The second-order valence-electron chi connectivity index (χ2n) is 4.11. The zero-order valence-electron chi connectivity index (χ0n) is 11.2. The molecule has 9 heteroatoms. The summed E-state index contributed by atoms with van der Waals surface area (Å²) in [6.45, 7) is 1.88. The van der Waals surface area contributed by atoms with E-state index in [-0.39, 0.29) is 25.2 Å². The molecule has 21 heavy (non-hydrogen) atoms. The average molecular weight is 299 g/mol. The molecule has 0 spiro atoms. The molecule has 0 atom stereocenters. The third kappa shape index (κ3) is 5.05. The topological polar surface area (TPSA) is 113 Å². The number of carboxylic acid groups (broad SMARTS) is 1. The van der Waals surface area contributed by atoms with Crippen LogP contribution in [0, 0.1) is 15.9 Å². The number of carbonyl (C=O) groups excluding carboxylic acids is 1. The highest BCUT2D eigenvalue weighted by molar-refractivity contribution is 5.89. The van der Waals surface area contributed by atoms with Gasteiger partial charge in [0, 0.05) is 19.2 Å². The number of non-ortho nitro benzene ring substituents is 1. The van der Waals surface area contributed by atoms with Crippen molar-refractivity contribution < 1.29 is 24.0 Å². The van der Waals surface area contributed by atoms with Crippen LogP contribution in [-0.2, 0) is 4.79 Å². The Morgan fingerprint density at radius 1 is 1.43 bits per heavy atom. The minimum atomic E-state index is -1.05. The summed E-state index contributed by atoms with van der Waals surface area (Å²) in [7, 11) is 0. The summed E-state index contributed by atoms with van der Waals surface area (Å²) < 4.78 is 13.2. The summed E-state index contributed by atoms with van der Waals surface area (Å²) in [6, 6.07) is 2.04. The molecule has 2 N–H and O–H groups in total. The molecule has 2 amide bonds. The minimum absolute atomic E-state index is 0.0188. The van der Waals surface area contributed by atoms with E-state index < -0.39 is 28.4 Å². The molecule has 8 nitrogen and oxygen atoms in total. The molecule has 114 valence electrons. The van der Waals surface area contributed by atoms with Crippen LogP contribution in [0.1, 0.15) is 13.3 Å². The normalized spacial score (nSPS) is 10.0. The Labute approximate surface area is 119 Å². The number of aliphatic carboxylic acids is 1. The van der Waals surface area contributed by atoms with Gasteiger partial charge in [-0.2, -0.15) is 0 Å². The zero-order valence-corrected chi connectivity index (χ0v) is 11.2. The Balaban J connectivity index is 2.81. The lowest BCUT2D eigenvalue weighted by Gasteiger charge is -2.20. The summed E-state index contributed by atoms with van der Waals surface area (Å²) in [6.07, 6.45) is -0.232. The molecule has 0 aliphatic carbocycles. The number of hydrogen-bond donors (Lipinski definition) is 2. The molecular formula is C12H14FN3O5. The monoisotopic (exact) mass is 299 g/mol. The number of halogens is 1. The van der Waals surface area contributed by atoms with Gasteiger partial charge in [0.25, 0.3) is 5.69 Å². The van der Waals surface area contributed by atoms with E-state index in [0.717, 1.165) is 18.2 Å². The Hall–Kier alpha value is -2.71. The SMILES string of the molecule is CCN(CCC(=O)O)C(=O)Nc1cc(F)cc([N+](=O)[O-])c1. The Bertz CT molecular complexity index is 564. The fraction of sp³-hybridized carbons (Fsp3) is 0.333.